The monoisotopic (exact) mass is 317 g/mol. The first kappa shape index (κ1) is 14.7. The van der Waals surface area contributed by atoms with Crippen LogP contribution in [0.3, 0.4) is 0 Å². The summed E-state index contributed by atoms with van der Waals surface area (Å²) in [4.78, 5) is 0. The van der Waals surface area contributed by atoms with Crippen molar-refractivity contribution in [2.24, 2.45) is 0 Å². The molecule has 0 aliphatic rings. The van der Waals surface area contributed by atoms with Gasteiger partial charge in [0.1, 0.15) is 0 Å². The maximum absolute atomic E-state index is 5.93. The Bertz CT molecular complexity index is 357. The van der Waals surface area contributed by atoms with E-state index >= 15 is 0 Å². The average Bonchev–Trinajstić information content (AvgIpc) is 2.32. The molecule has 4 heteroatoms. The SMILES string of the molecule is C=CCCOCCNCc1cc(Cl)ccc1Br. The lowest BCUT2D eigenvalue weighted by molar-refractivity contribution is 0.140. The van der Waals surface area contributed by atoms with Crippen LogP contribution in [0.2, 0.25) is 5.02 Å². The second-order valence-corrected chi connectivity index (χ2v) is 4.89. The van der Waals surface area contributed by atoms with Gasteiger partial charge in [0.2, 0.25) is 0 Å². The second kappa shape index (κ2) is 8.70. The van der Waals surface area contributed by atoms with Crippen LogP contribution in [0.4, 0.5) is 0 Å². The minimum atomic E-state index is 0.714. The van der Waals surface area contributed by atoms with Crippen molar-refractivity contribution in [1.29, 1.82) is 0 Å². The van der Waals surface area contributed by atoms with Gasteiger partial charge in [-0.25, -0.2) is 0 Å². The third kappa shape index (κ3) is 6.22. The topological polar surface area (TPSA) is 21.3 Å². The highest BCUT2D eigenvalue weighted by atomic mass is 79.9. The Morgan fingerprint density at radius 1 is 1.41 bits per heavy atom. The predicted octanol–water partition coefficient (Wildman–Crippen LogP) is 3.78. The van der Waals surface area contributed by atoms with E-state index in [1.54, 1.807) is 0 Å². The summed E-state index contributed by atoms with van der Waals surface area (Å²) < 4.78 is 6.47. The van der Waals surface area contributed by atoms with Crippen molar-refractivity contribution in [1.82, 2.24) is 5.32 Å². The average molecular weight is 319 g/mol. The zero-order valence-electron chi connectivity index (χ0n) is 9.72. The highest BCUT2D eigenvalue weighted by Crippen LogP contribution is 2.20. The fourth-order valence-electron chi connectivity index (χ4n) is 1.31. The predicted molar refractivity (Wildman–Crippen MR) is 76.5 cm³/mol. The highest BCUT2D eigenvalue weighted by molar-refractivity contribution is 9.10. The zero-order chi connectivity index (χ0) is 12.5. The van der Waals surface area contributed by atoms with E-state index in [0.717, 1.165) is 41.2 Å². The van der Waals surface area contributed by atoms with Crippen molar-refractivity contribution < 1.29 is 4.74 Å². The fraction of sp³-hybridized carbons (Fsp3) is 0.385. The molecule has 0 atom stereocenters. The molecule has 94 valence electrons. The Labute approximate surface area is 116 Å². The number of hydrogen-bond acceptors (Lipinski definition) is 2. The molecule has 0 fully saturated rings. The summed E-state index contributed by atoms with van der Waals surface area (Å²) in [5.74, 6) is 0. The largest absolute Gasteiger partial charge is 0.380 e. The van der Waals surface area contributed by atoms with E-state index in [1.165, 1.54) is 0 Å². The molecule has 1 aromatic carbocycles. The van der Waals surface area contributed by atoms with Gasteiger partial charge < -0.3 is 10.1 Å². The standard InChI is InChI=1S/C13H17BrClNO/c1-2-3-7-17-8-6-16-10-11-9-12(15)4-5-13(11)14/h2,4-5,9,16H,1,3,6-8,10H2. The number of halogens is 2. The molecule has 0 saturated carbocycles. The molecular weight excluding hydrogens is 302 g/mol. The summed E-state index contributed by atoms with van der Waals surface area (Å²) in [6, 6.07) is 5.78. The quantitative estimate of drug-likeness (QED) is 0.582. The van der Waals surface area contributed by atoms with Gasteiger partial charge in [0.25, 0.3) is 0 Å². The van der Waals surface area contributed by atoms with Crippen LogP contribution in [0.1, 0.15) is 12.0 Å². The van der Waals surface area contributed by atoms with Crippen LogP contribution >= 0.6 is 27.5 Å². The Kier molecular flexibility index (Phi) is 7.53. The van der Waals surface area contributed by atoms with Crippen LogP contribution in [0.25, 0.3) is 0 Å². The van der Waals surface area contributed by atoms with Crippen LogP contribution in [0.5, 0.6) is 0 Å². The summed E-state index contributed by atoms with van der Waals surface area (Å²) in [6.07, 6.45) is 2.76. The molecule has 0 bridgehead atoms. The van der Waals surface area contributed by atoms with E-state index in [9.17, 15) is 0 Å². The van der Waals surface area contributed by atoms with Crippen molar-refractivity contribution in [2.75, 3.05) is 19.8 Å². The lowest BCUT2D eigenvalue weighted by Gasteiger charge is -2.07. The smallest absolute Gasteiger partial charge is 0.0591 e. The molecule has 0 unspecified atom stereocenters. The minimum Gasteiger partial charge on any atom is -0.380 e. The molecule has 1 rings (SSSR count). The van der Waals surface area contributed by atoms with Crippen molar-refractivity contribution in [3.8, 4) is 0 Å². The first-order chi connectivity index (χ1) is 8.24. The summed E-state index contributed by atoms with van der Waals surface area (Å²) in [5, 5.41) is 4.06. The number of benzene rings is 1. The Morgan fingerprint density at radius 3 is 3.00 bits per heavy atom. The molecule has 0 saturated heterocycles. The molecule has 0 spiro atoms. The zero-order valence-corrected chi connectivity index (χ0v) is 12.1. The third-order valence-electron chi connectivity index (χ3n) is 2.21. The van der Waals surface area contributed by atoms with Crippen LogP contribution in [-0.4, -0.2) is 19.8 Å². The summed E-state index contributed by atoms with van der Waals surface area (Å²) in [6.45, 7) is 6.71. The van der Waals surface area contributed by atoms with Crippen molar-refractivity contribution >= 4 is 27.5 Å². The van der Waals surface area contributed by atoms with E-state index in [-0.39, 0.29) is 0 Å². The molecule has 2 nitrogen and oxygen atoms in total. The Morgan fingerprint density at radius 2 is 2.24 bits per heavy atom. The van der Waals surface area contributed by atoms with Crippen LogP contribution < -0.4 is 5.32 Å². The molecule has 0 aromatic heterocycles. The maximum atomic E-state index is 5.93. The van der Waals surface area contributed by atoms with Gasteiger partial charge in [-0.3, -0.25) is 0 Å². The molecule has 17 heavy (non-hydrogen) atoms. The van der Waals surface area contributed by atoms with E-state index in [1.807, 2.05) is 24.3 Å². The van der Waals surface area contributed by atoms with Crippen LogP contribution in [-0.2, 0) is 11.3 Å². The Balaban J connectivity index is 2.17. The second-order valence-electron chi connectivity index (χ2n) is 3.60. The molecule has 1 N–H and O–H groups in total. The molecule has 1 aromatic rings. The van der Waals surface area contributed by atoms with E-state index < -0.39 is 0 Å². The van der Waals surface area contributed by atoms with Gasteiger partial charge in [-0.15, -0.1) is 6.58 Å². The van der Waals surface area contributed by atoms with E-state index in [2.05, 4.69) is 27.8 Å². The van der Waals surface area contributed by atoms with Crippen molar-refractivity contribution in [2.45, 2.75) is 13.0 Å². The number of ether oxygens (including phenoxy) is 1. The maximum Gasteiger partial charge on any atom is 0.0591 e. The van der Waals surface area contributed by atoms with Gasteiger partial charge in [-0.1, -0.05) is 33.6 Å². The van der Waals surface area contributed by atoms with Gasteiger partial charge in [0.05, 0.1) is 13.2 Å². The van der Waals surface area contributed by atoms with Gasteiger partial charge >= 0.3 is 0 Å². The number of nitrogens with one attached hydrogen (secondary N) is 1. The lowest BCUT2D eigenvalue weighted by Crippen LogP contribution is -2.19. The molecular formula is C13H17BrClNO. The minimum absolute atomic E-state index is 0.714. The first-order valence-corrected chi connectivity index (χ1v) is 6.74. The third-order valence-corrected chi connectivity index (χ3v) is 3.22. The number of rotatable bonds is 8. The molecule has 0 amide bonds. The summed E-state index contributed by atoms with van der Waals surface area (Å²) in [7, 11) is 0. The van der Waals surface area contributed by atoms with E-state index in [4.69, 9.17) is 16.3 Å². The fourth-order valence-corrected chi connectivity index (χ4v) is 1.90. The normalized spacial score (nSPS) is 10.5. The molecule has 0 heterocycles. The lowest BCUT2D eigenvalue weighted by atomic mass is 10.2. The first-order valence-electron chi connectivity index (χ1n) is 5.57. The molecule has 0 aliphatic heterocycles. The van der Waals surface area contributed by atoms with Gasteiger partial charge in [-0.2, -0.15) is 0 Å². The summed E-state index contributed by atoms with van der Waals surface area (Å²) >= 11 is 9.42. The summed E-state index contributed by atoms with van der Waals surface area (Å²) in [5.41, 5.74) is 1.16. The van der Waals surface area contributed by atoms with Crippen LogP contribution in [0, 0.1) is 0 Å². The van der Waals surface area contributed by atoms with Gasteiger partial charge in [0.15, 0.2) is 0 Å². The highest BCUT2D eigenvalue weighted by Gasteiger charge is 2.00. The van der Waals surface area contributed by atoms with Crippen molar-refractivity contribution in [3.05, 3.63) is 45.9 Å². The van der Waals surface area contributed by atoms with Gasteiger partial charge in [0, 0.05) is 22.6 Å². The van der Waals surface area contributed by atoms with Crippen molar-refractivity contribution in [3.63, 3.8) is 0 Å². The van der Waals surface area contributed by atoms with Crippen LogP contribution in [0.15, 0.2) is 35.3 Å². The molecule has 0 aliphatic carbocycles. The molecule has 0 radical (unpaired) electrons. The Hall–Kier alpha value is -0.350. The van der Waals surface area contributed by atoms with E-state index in [0.29, 0.717) is 6.61 Å². The van der Waals surface area contributed by atoms with Gasteiger partial charge in [-0.05, 0) is 30.2 Å². The number of hydrogen-bond donors (Lipinski definition) is 1.